The zero-order valence-electron chi connectivity index (χ0n) is 8.51. The van der Waals surface area contributed by atoms with Gasteiger partial charge in [-0.05, 0) is 19.4 Å². The molecule has 1 aromatic rings. The second-order valence-corrected chi connectivity index (χ2v) is 4.30. The predicted octanol–water partition coefficient (Wildman–Crippen LogP) is 3.84. The summed E-state index contributed by atoms with van der Waals surface area (Å²) in [4.78, 5) is 6.31. The first-order valence-electron chi connectivity index (χ1n) is 4.81. The van der Waals surface area contributed by atoms with Gasteiger partial charge < -0.3 is 4.90 Å². The highest BCUT2D eigenvalue weighted by Crippen LogP contribution is 2.25. The zero-order chi connectivity index (χ0) is 11.3. The minimum atomic E-state index is 0.553. The van der Waals surface area contributed by atoms with Crippen LogP contribution in [0.4, 0.5) is 5.82 Å². The van der Waals surface area contributed by atoms with Gasteiger partial charge in [-0.15, -0.1) is 11.6 Å². The van der Waals surface area contributed by atoms with Crippen LogP contribution in [0.5, 0.6) is 0 Å². The summed E-state index contributed by atoms with van der Waals surface area (Å²) in [6.07, 6.45) is 2.52. The fraction of sp³-hybridized carbons (Fsp3) is 0.500. The summed E-state index contributed by atoms with van der Waals surface area (Å²) in [5, 5.41) is 1.14. The highest BCUT2D eigenvalue weighted by Gasteiger charge is 2.10. The number of nitrogens with zero attached hydrogens (tertiary/aromatic N) is 2. The van der Waals surface area contributed by atoms with E-state index in [9.17, 15) is 0 Å². The number of anilines is 1. The molecule has 0 saturated heterocycles. The molecule has 0 bridgehead atoms. The third-order valence-electron chi connectivity index (χ3n) is 2.03. The lowest BCUT2D eigenvalue weighted by atomic mass is 10.3. The van der Waals surface area contributed by atoms with Gasteiger partial charge in [0.25, 0.3) is 0 Å². The van der Waals surface area contributed by atoms with Crippen LogP contribution in [0.15, 0.2) is 12.3 Å². The fourth-order valence-electron chi connectivity index (χ4n) is 1.30. The van der Waals surface area contributed by atoms with Crippen LogP contribution in [-0.2, 0) is 0 Å². The van der Waals surface area contributed by atoms with Crippen LogP contribution >= 0.6 is 34.8 Å². The molecule has 0 fully saturated rings. The molecule has 0 aliphatic carbocycles. The normalized spacial score (nSPS) is 10.4. The maximum absolute atomic E-state index is 6.06. The average Bonchev–Trinajstić information content (AvgIpc) is 2.21. The van der Waals surface area contributed by atoms with E-state index in [4.69, 9.17) is 34.8 Å². The smallest absolute Gasteiger partial charge is 0.147 e. The summed E-state index contributed by atoms with van der Waals surface area (Å²) in [6.45, 7) is 3.76. The molecule has 1 heterocycles. The van der Waals surface area contributed by atoms with E-state index in [2.05, 4.69) is 16.8 Å². The Labute approximate surface area is 105 Å². The molecule has 0 aromatic carbocycles. The fourth-order valence-corrected chi connectivity index (χ4v) is 1.92. The lowest BCUT2D eigenvalue weighted by Gasteiger charge is -2.22. The molecule has 0 atom stereocenters. The van der Waals surface area contributed by atoms with Gasteiger partial charge >= 0.3 is 0 Å². The van der Waals surface area contributed by atoms with Crippen molar-refractivity contribution in [3.05, 3.63) is 22.3 Å². The van der Waals surface area contributed by atoms with Crippen LogP contribution < -0.4 is 4.90 Å². The SMILES string of the molecule is CCN(CCCCl)c1ncc(Cl)cc1Cl. The van der Waals surface area contributed by atoms with E-state index in [0.717, 1.165) is 25.3 Å². The molecule has 5 heteroatoms. The molecule has 1 rings (SSSR count). The highest BCUT2D eigenvalue weighted by atomic mass is 35.5. The van der Waals surface area contributed by atoms with E-state index in [-0.39, 0.29) is 0 Å². The summed E-state index contributed by atoms with van der Waals surface area (Å²) in [7, 11) is 0. The first-order chi connectivity index (χ1) is 7.19. The van der Waals surface area contributed by atoms with Crippen molar-refractivity contribution in [2.45, 2.75) is 13.3 Å². The van der Waals surface area contributed by atoms with E-state index in [0.29, 0.717) is 15.9 Å². The van der Waals surface area contributed by atoms with Gasteiger partial charge in [-0.25, -0.2) is 4.98 Å². The van der Waals surface area contributed by atoms with Gasteiger partial charge in [-0.1, -0.05) is 23.2 Å². The van der Waals surface area contributed by atoms with E-state index in [1.165, 1.54) is 0 Å². The first-order valence-corrected chi connectivity index (χ1v) is 6.10. The molecule has 0 radical (unpaired) electrons. The van der Waals surface area contributed by atoms with Crippen LogP contribution in [-0.4, -0.2) is 24.0 Å². The third kappa shape index (κ3) is 3.71. The van der Waals surface area contributed by atoms with E-state index in [1.807, 2.05) is 0 Å². The molecule has 0 saturated carbocycles. The number of rotatable bonds is 5. The number of halogens is 3. The van der Waals surface area contributed by atoms with Crippen LogP contribution in [0.2, 0.25) is 10.0 Å². The molecular weight excluding hydrogens is 254 g/mol. The minimum Gasteiger partial charge on any atom is -0.356 e. The standard InChI is InChI=1S/C10H13Cl3N2/c1-2-15(5-3-4-11)10-9(13)6-8(12)7-14-10/h6-7H,2-5H2,1H3. The molecule has 2 nitrogen and oxygen atoms in total. The maximum atomic E-state index is 6.06. The van der Waals surface area contributed by atoms with Gasteiger partial charge in [0.15, 0.2) is 0 Å². The van der Waals surface area contributed by atoms with Crippen molar-refractivity contribution in [2.75, 3.05) is 23.9 Å². The molecule has 0 spiro atoms. The molecule has 0 unspecified atom stereocenters. The summed E-state index contributed by atoms with van der Waals surface area (Å²) in [6, 6.07) is 1.70. The van der Waals surface area contributed by atoms with Crippen LogP contribution in [0.1, 0.15) is 13.3 Å². The quantitative estimate of drug-likeness (QED) is 0.754. The minimum absolute atomic E-state index is 0.553. The van der Waals surface area contributed by atoms with Gasteiger partial charge in [0.1, 0.15) is 5.82 Å². The van der Waals surface area contributed by atoms with Gasteiger partial charge in [0.2, 0.25) is 0 Å². The van der Waals surface area contributed by atoms with Gasteiger partial charge in [0, 0.05) is 25.2 Å². The van der Waals surface area contributed by atoms with E-state index < -0.39 is 0 Å². The Hall–Kier alpha value is -0.180. The largest absolute Gasteiger partial charge is 0.356 e. The molecule has 0 amide bonds. The third-order valence-corrected chi connectivity index (χ3v) is 2.78. The predicted molar refractivity (Wildman–Crippen MR) is 67.5 cm³/mol. The van der Waals surface area contributed by atoms with Crippen molar-refractivity contribution in [1.29, 1.82) is 0 Å². The molecular formula is C10H13Cl3N2. The Bertz CT molecular complexity index is 318. The second kappa shape index (κ2) is 6.41. The summed E-state index contributed by atoms with van der Waals surface area (Å²) in [5.74, 6) is 1.41. The van der Waals surface area contributed by atoms with Crippen molar-refractivity contribution in [3.63, 3.8) is 0 Å². The van der Waals surface area contributed by atoms with E-state index in [1.54, 1.807) is 12.3 Å². The number of aromatic nitrogens is 1. The average molecular weight is 268 g/mol. The van der Waals surface area contributed by atoms with Crippen LogP contribution in [0.3, 0.4) is 0 Å². The first kappa shape index (κ1) is 12.9. The van der Waals surface area contributed by atoms with Crippen LogP contribution in [0, 0.1) is 0 Å². The molecule has 15 heavy (non-hydrogen) atoms. The Balaban J connectivity index is 2.81. The molecule has 0 aliphatic heterocycles. The molecule has 0 N–H and O–H groups in total. The van der Waals surface area contributed by atoms with Crippen LogP contribution in [0.25, 0.3) is 0 Å². The van der Waals surface area contributed by atoms with Gasteiger partial charge in [-0.2, -0.15) is 0 Å². The van der Waals surface area contributed by atoms with Crippen molar-refractivity contribution < 1.29 is 0 Å². The lowest BCUT2D eigenvalue weighted by molar-refractivity contribution is 0.782. The number of pyridine rings is 1. The second-order valence-electron chi connectivity index (χ2n) is 3.08. The zero-order valence-corrected chi connectivity index (χ0v) is 10.8. The van der Waals surface area contributed by atoms with Crippen molar-refractivity contribution in [3.8, 4) is 0 Å². The number of hydrogen-bond acceptors (Lipinski definition) is 2. The Kier molecular flexibility index (Phi) is 5.51. The summed E-state index contributed by atoms with van der Waals surface area (Å²) >= 11 is 17.5. The maximum Gasteiger partial charge on any atom is 0.147 e. The van der Waals surface area contributed by atoms with E-state index >= 15 is 0 Å². The van der Waals surface area contributed by atoms with Crippen molar-refractivity contribution in [2.24, 2.45) is 0 Å². The molecule has 0 aliphatic rings. The monoisotopic (exact) mass is 266 g/mol. The van der Waals surface area contributed by atoms with Crippen molar-refractivity contribution >= 4 is 40.6 Å². The summed E-state index contributed by atoms with van der Waals surface area (Å²) < 4.78 is 0. The highest BCUT2D eigenvalue weighted by molar-refractivity contribution is 6.36. The molecule has 84 valence electrons. The Morgan fingerprint density at radius 1 is 1.40 bits per heavy atom. The Morgan fingerprint density at radius 2 is 2.13 bits per heavy atom. The molecule has 1 aromatic heterocycles. The Morgan fingerprint density at radius 3 is 2.67 bits per heavy atom. The van der Waals surface area contributed by atoms with Crippen molar-refractivity contribution in [1.82, 2.24) is 4.98 Å². The number of alkyl halides is 1. The number of hydrogen-bond donors (Lipinski definition) is 0. The van der Waals surface area contributed by atoms with Gasteiger partial charge in [-0.3, -0.25) is 0 Å². The summed E-state index contributed by atoms with van der Waals surface area (Å²) in [5.41, 5.74) is 0. The topological polar surface area (TPSA) is 16.1 Å². The lowest BCUT2D eigenvalue weighted by Crippen LogP contribution is -2.25. The van der Waals surface area contributed by atoms with Gasteiger partial charge in [0.05, 0.1) is 10.0 Å².